The maximum absolute atomic E-state index is 12.0. The van der Waals surface area contributed by atoms with E-state index in [1.54, 1.807) is 7.11 Å². The summed E-state index contributed by atoms with van der Waals surface area (Å²) in [6.45, 7) is 2.45. The lowest BCUT2D eigenvalue weighted by atomic mass is 10.1. The highest BCUT2D eigenvalue weighted by Crippen LogP contribution is 2.12. The third-order valence-electron chi connectivity index (χ3n) is 3.72. The van der Waals surface area contributed by atoms with Gasteiger partial charge in [0.1, 0.15) is 11.4 Å². The molecule has 0 aliphatic heterocycles. The van der Waals surface area contributed by atoms with Crippen LogP contribution in [0.2, 0.25) is 0 Å². The van der Waals surface area contributed by atoms with Crippen molar-refractivity contribution in [1.29, 1.82) is 0 Å². The van der Waals surface area contributed by atoms with Crippen LogP contribution in [0, 0.1) is 6.92 Å². The molecule has 2 heterocycles. The minimum atomic E-state index is -0.0241. The van der Waals surface area contributed by atoms with Crippen molar-refractivity contribution in [2.45, 2.75) is 19.9 Å². The average Bonchev–Trinajstić information content (AvgIpc) is 2.98. The van der Waals surface area contributed by atoms with Crippen molar-refractivity contribution in [2.24, 2.45) is 0 Å². The van der Waals surface area contributed by atoms with Crippen LogP contribution in [0.1, 0.15) is 16.8 Å². The summed E-state index contributed by atoms with van der Waals surface area (Å²) in [6.07, 6.45) is 4.24. The first-order valence-electron chi connectivity index (χ1n) is 7.48. The van der Waals surface area contributed by atoms with E-state index in [0.29, 0.717) is 13.0 Å². The molecule has 118 valence electrons. The molecule has 0 aliphatic carbocycles. The number of ether oxygens (including phenoxy) is 1. The summed E-state index contributed by atoms with van der Waals surface area (Å²) in [4.78, 5) is 16.6. The minimum absolute atomic E-state index is 0.0241. The summed E-state index contributed by atoms with van der Waals surface area (Å²) in [7, 11) is 1.62. The SMILES string of the molecule is COc1ccc(CC(=O)NCc2cn3cccc(C)c3n2)cc1. The number of amides is 1. The molecule has 5 heteroatoms. The fourth-order valence-electron chi connectivity index (χ4n) is 2.47. The molecule has 23 heavy (non-hydrogen) atoms. The second kappa shape index (κ2) is 6.52. The summed E-state index contributed by atoms with van der Waals surface area (Å²) in [5, 5.41) is 2.91. The molecule has 3 aromatic rings. The van der Waals surface area contributed by atoms with Crippen LogP contribution < -0.4 is 10.1 Å². The number of carbonyl (C=O) groups is 1. The Labute approximate surface area is 134 Å². The Kier molecular flexibility index (Phi) is 4.28. The van der Waals surface area contributed by atoms with E-state index in [1.807, 2.05) is 60.1 Å². The smallest absolute Gasteiger partial charge is 0.224 e. The van der Waals surface area contributed by atoms with Gasteiger partial charge in [0, 0.05) is 12.4 Å². The predicted molar refractivity (Wildman–Crippen MR) is 88.5 cm³/mol. The molecule has 0 aliphatic rings. The molecule has 1 amide bonds. The van der Waals surface area contributed by atoms with Gasteiger partial charge in [0.25, 0.3) is 0 Å². The first-order chi connectivity index (χ1) is 11.2. The molecule has 0 spiro atoms. The first-order valence-corrected chi connectivity index (χ1v) is 7.48. The van der Waals surface area contributed by atoms with Crippen LogP contribution in [0.5, 0.6) is 5.75 Å². The molecule has 1 N–H and O–H groups in total. The Morgan fingerprint density at radius 2 is 2.04 bits per heavy atom. The lowest BCUT2D eigenvalue weighted by molar-refractivity contribution is -0.120. The number of imidazole rings is 1. The average molecular weight is 309 g/mol. The monoisotopic (exact) mass is 309 g/mol. The molecule has 0 atom stereocenters. The summed E-state index contributed by atoms with van der Waals surface area (Å²) in [6, 6.07) is 11.5. The summed E-state index contributed by atoms with van der Waals surface area (Å²) >= 11 is 0. The zero-order chi connectivity index (χ0) is 16.2. The number of benzene rings is 1. The Balaban J connectivity index is 1.60. The van der Waals surface area contributed by atoms with Gasteiger partial charge in [-0.2, -0.15) is 0 Å². The number of rotatable bonds is 5. The van der Waals surface area contributed by atoms with Gasteiger partial charge in [0.2, 0.25) is 5.91 Å². The predicted octanol–water partition coefficient (Wildman–Crippen LogP) is 2.51. The van der Waals surface area contributed by atoms with Crippen LogP contribution in [0.15, 0.2) is 48.8 Å². The van der Waals surface area contributed by atoms with Gasteiger partial charge in [-0.05, 0) is 36.2 Å². The Hall–Kier alpha value is -2.82. The van der Waals surface area contributed by atoms with Crippen molar-refractivity contribution in [3.05, 3.63) is 65.6 Å². The van der Waals surface area contributed by atoms with E-state index in [9.17, 15) is 4.79 Å². The summed E-state index contributed by atoms with van der Waals surface area (Å²) in [5.74, 6) is 0.762. The van der Waals surface area contributed by atoms with Crippen molar-refractivity contribution in [3.63, 3.8) is 0 Å². The topological polar surface area (TPSA) is 55.6 Å². The number of aryl methyl sites for hydroxylation is 1. The highest BCUT2D eigenvalue weighted by Gasteiger charge is 2.07. The standard InChI is InChI=1S/C18H19N3O2/c1-13-4-3-9-21-12-15(20-18(13)21)11-19-17(22)10-14-5-7-16(23-2)8-6-14/h3-9,12H,10-11H2,1-2H3,(H,19,22). The van der Waals surface area contributed by atoms with Gasteiger partial charge in [-0.3, -0.25) is 4.79 Å². The zero-order valence-electron chi connectivity index (χ0n) is 13.2. The van der Waals surface area contributed by atoms with E-state index < -0.39 is 0 Å². The van der Waals surface area contributed by atoms with Gasteiger partial charge in [0.15, 0.2) is 0 Å². The maximum atomic E-state index is 12.0. The van der Waals surface area contributed by atoms with Crippen molar-refractivity contribution in [2.75, 3.05) is 7.11 Å². The number of nitrogens with one attached hydrogen (secondary N) is 1. The lowest BCUT2D eigenvalue weighted by Crippen LogP contribution is -2.24. The van der Waals surface area contributed by atoms with Gasteiger partial charge < -0.3 is 14.5 Å². The number of carbonyl (C=O) groups excluding carboxylic acids is 1. The van der Waals surface area contributed by atoms with Gasteiger partial charge in [0.05, 0.1) is 25.8 Å². The Morgan fingerprint density at radius 1 is 1.26 bits per heavy atom. The van der Waals surface area contributed by atoms with Crippen LogP contribution in [0.25, 0.3) is 5.65 Å². The Bertz CT molecular complexity index is 822. The number of fused-ring (bicyclic) bond motifs is 1. The van der Waals surface area contributed by atoms with Crippen LogP contribution in [0.4, 0.5) is 0 Å². The number of pyridine rings is 1. The number of methoxy groups -OCH3 is 1. The van der Waals surface area contributed by atoms with E-state index in [4.69, 9.17) is 4.74 Å². The van der Waals surface area contributed by atoms with E-state index in [1.165, 1.54) is 0 Å². The molecule has 0 saturated carbocycles. The third kappa shape index (κ3) is 3.51. The quantitative estimate of drug-likeness (QED) is 0.788. The highest BCUT2D eigenvalue weighted by atomic mass is 16.5. The third-order valence-corrected chi connectivity index (χ3v) is 3.72. The molecule has 5 nitrogen and oxygen atoms in total. The van der Waals surface area contributed by atoms with Crippen LogP contribution in [-0.4, -0.2) is 22.4 Å². The van der Waals surface area contributed by atoms with Crippen LogP contribution >= 0.6 is 0 Å². The van der Waals surface area contributed by atoms with Crippen LogP contribution in [0.3, 0.4) is 0 Å². The highest BCUT2D eigenvalue weighted by molar-refractivity contribution is 5.78. The van der Waals surface area contributed by atoms with Crippen molar-refractivity contribution in [3.8, 4) is 5.75 Å². The normalized spacial score (nSPS) is 10.7. The minimum Gasteiger partial charge on any atom is -0.497 e. The van der Waals surface area contributed by atoms with Crippen molar-refractivity contribution >= 4 is 11.6 Å². The van der Waals surface area contributed by atoms with E-state index >= 15 is 0 Å². The van der Waals surface area contributed by atoms with E-state index in [0.717, 1.165) is 28.2 Å². The van der Waals surface area contributed by atoms with E-state index in [-0.39, 0.29) is 5.91 Å². The number of aromatic nitrogens is 2. The molecule has 3 rings (SSSR count). The molecular formula is C18H19N3O2. The largest absolute Gasteiger partial charge is 0.497 e. The molecule has 1 aromatic carbocycles. The number of hydrogen-bond acceptors (Lipinski definition) is 3. The second-order valence-corrected chi connectivity index (χ2v) is 5.46. The molecule has 0 radical (unpaired) electrons. The fourth-order valence-corrected chi connectivity index (χ4v) is 2.47. The zero-order valence-corrected chi connectivity index (χ0v) is 13.2. The van der Waals surface area contributed by atoms with Gasteiger partial charge in [-0.25, -0.2) is 4.98 Å². The summed E-state index contributed by atoms with van der Waals surface area (Å²) < 4.78 is 7.08. The molecule has 2 aromatic heterocycles. The molecule has 0 bridgehead atoms. The van der Waals surface area contributed by atoms with E-state index in [2.05, 4.69) is 10.3 Å². The lowest BCUT2D eigenvalue weighted by Gasteiger charge is -2.04. The van der Waals surface area contributed by atoms with Crippen LogP contribution in [-0.2, 0) is 17.8 Å². The fraction of sp³-hybridized carbons (Fsp3) is 0.222. The van der Waals surface area contributed by atoms with Gasteiger partial charge in [-0.1, -0.05) is 18.2 Å². The molecule has 0 saturated heterocycles. The van der Waals surface area contributed by atoms with Crippen molar-refractivity contribution < 1.29 is 9.53 Å². The van der Waals surface area contributed by atoms with Gasteiger partial charge in [-0.15, -0.1) is 0 Å². The molecular weight excluding hydrogens is 290 g/mol. The second-order valence-electron chi connectivity index (χ2n) is 5.46. The Morgan fingerprint density at radius 3 is 2.74 bits per heavy atom. The number of hydrogen-bond donors (Lipinski definition) is 1. The molecule has 0 fully saturated rings. The molecule has 0 unspecified atom stereocenters. The van der Waals surface area contributed by atoms with Gasteiger partial charge >= 0.3 is 0 Å². The van der Waals surface area contributed by atoms with Crippen molar-refractivity contribution in [1.82, 2.24) is 14.7 Å². The maximum Gasteiger partial charge on any atom is 0.224 e. The first kappa shape index (κ1) is 15.1. The number of nitrogens with zero attached hydrogens (tertiary/aromatic N) is 2. The summed E-state index contributed by atoms with van der Waals surface area (Å²) in [5.41, 5.74) is 3.84.